The van der Waals surface area contributed by atoms with Gasteiger partial charge in [0, 0.05) is 38.0 Å². The van der Waals surface area contributed by atoms with E-state index >= 15 is 0 Å². The van der Waals surface area contributed by atoms with E-state index in [1.54, 1.807) is 12.1 Å². The first kappa shape index (κ1) is 16.7. The van der Waals surface area contributed by atoms with Crippen LogP contribution in [0.1, 0.15) is 37.7 Å². The molecule has 0 aliphatic carbocycles. The second kappa shape index (κ2) is 8.11. The Morgan fingerprint density at radius 1 is 1.26 bits per heavy atom. The molecule has 23 heavy (non-hydrogen) atoms. The molecule has 1 aromatic carbocycles. The number of anilines is 1. The molecule has 2 fully saturated rings. The van der Waals surface area contributed by atoms with E-state index in [9.17, 15) is 4.39 Å². The molecule has 2 heterocycles. The molecule has 0 amide bonds. The van der Waals surface area contributed by atoms with Crippen molar-refractivity contribution in [3.63, 3.8) is 0 Å². The molecule has 0 radical (unpaired) electrons. The number of hydrogen-bond acceptors (Lipinski definition) is 3. The maximum atomic E-state index is 13.2. The molecule has 0 aromatic heterocycles. The molecular weight excluding hydrogens is 291 g/mol. The van der Waals surface area contributed by atoms with Crippen LogP contribution < -0.4 is 10.2 Å². The van der Waals surface area contributed by atoms with E-state index in [1.807, 2.05) is 13.0 Å². The molecule has 2 aliphatic heterocycles. The van der Waals surface area contributed by atoms with Crippen LogP contribution in [0.4, 0.5) is 10.1 Å². The Balaban J connectivity index is 1.39. The van der Waals surface area contributed by atoms with Gasteiger partial charge in [-0.2, -0.15) is 0 Å². The smallest absolute Gasteiger partial charge is 0.123 e. The number of halogens is 1. The third-order valence-corrected chi connectivity index (χ3v) is 5.23. The normalized spacial score (nSPS) is 23.2. The van der Waals surface area contributed by atoms with Crippen molar-refractivity contribution in [2.45, 2.75) is 45.1 Å². The van der Waals surface area contributed by atoms with Crippen molar-refractivity contribution in [2.24, 2.45) is 5.92 Å². The highest BCUT2D eigenvalue weighted by atomic mass is 19.1. The van der Waals surface area contributed by atoms with Crippen LogP contribution in [0.5, 0.6) is 0 Å². The maximum Gasteiger partial charge on any atom is 0.123 e. The molecule has 2 saturated heterocycles. The molecule has 1 aromatic rings. The lowest BCUT2D eigenvalue weighted by Crippen LogP contribution is -2.43. The van der Waals surface area contributed by atoms with Gasteiger partial charge in [-0.15, -0.1) is 0 Å². The summed E-state index contributed by atoms with van der Waals surface area (Å²) in [6.07, 6.45) is 6.11. The largest absolute Gasteiger partial charge is 0.381 e. The van der Waals surface area contributed by atoms with Gasteiger partial charge in [0.05, 0.1) is 0 Å². The van der Waals surface area contributed by atoms with Crippen molar-refractivity contribution < 1.29 is 9.13 Å². The van der Waals surface area contributed by atoms with E-state index in [2.05, 4.69) is 10.2 Å². The minimum atomic E-state index is -0.144. The molecule has 2 aliphatic rings. The highest BCUT2D eigenvalue weighted by molar-refractivity contribution is 5.53. The van der Waals surface area contributed by atoms with Gasteiger partial charge >= 0.3 is 0 Å². The van der Waals surface area contributed by atoms with E-state index in [4.69, 9.17) is 4.74 Å². The molecule has 128 valence electrons. The lowest BCUT2D eigenvalue weighted by atomic mass is 9.98. The van der Waals surface area contributed by atoms with Gasteiger partial charge in [0.1, 0.15) is 5.82 Å². The Kier molecular flexibility index (Phi) is 5.90. The van der Waals surface area contributed by atoms with Crippen molar-refractivity contribution in [1.82, 2.24) is 5.32 Å². The number of nitrogens with one attached hydrogen (secondary N) is 1. The van der Waals surface area contributed by atoms with E-state index in [0.29, 0.717) is 6.04 Å². The van der Waals surface area contributed by atoms with Crippen LogP contribution in [0.2, 0.25) is 0 Å². The number of benzene rings is 1. The fourth-order valence-electron chi connectivity index (χ4n) is 3.82. The van der Waals surface area contributed by atoms with Gasteiger partial charge in [0.15, 0.2) is 0 Å². The van der Waals surface area contributed by atoms with Gasteiger partial charge in [-0.3, -0.25) is 0 Å². The molecule has 3 nitrogen and oxygen atoms in total. The fraction of sp³-hybridized carbons (Fsp3) is 0.684. The monoisotopic (exact) mass is 320 g/mol. The molecule has 0 unspecified atom stereocenters. The minimum Gasteiger partial charge on any atom is -0.381 e. The van der Waals surface area contributed by atoms with Crippen LogP contribution in [0.25, 0.3) is 0 Å². The topological polar surface area (TPSA) is 24.5 Å². The lowest BCUT2D eigenvalue weighted by molar-refractivity contribution is 0.0514. The first-order chi connectivity index (χ1) is 11.2. The zero-order valence-electron chi connectivity index (χ0n) is 14.2. The quantitative estimate of drug-likeness (QED) is 0.898. The highest BCUT2D eigenvalue weighted by Crippen LogP contribution is 2.24. The Labute approximate surface area is 139 Å². The van der Waals surface area contributed by atoms with Crippen LogP contribution in [0.3, 0.4) is 0 Å². The highest BCUT2D eigenvalue weighted by Gasteiger charge is 2.21. The van der Waals surface area contributed by atoms with Gasteiger partial charge in [-0.25, -0.2) is 4.39 Å². The maximum absolute atomic E-state index is 13.2. The van der Waals surface area contributed by atoms with Crippen molar-refractivity contribution in [3.05, 3.63) is 29.6 Å². The Morgan fingerprint density at radius 3 is 2.78 bits per heavy atom. The van der Waals surface area contributed by atoms with Gasteiger partial charge < -0.3 is 15.0 Å². The van der Waals surface area contributed by atoms with Crippen LogP contribution in [0.15, 0.2) is 18.2 Å². The number of piperidine rings is 1. The second-order valence-corrected chi connectivity index (χ2v) is 7.02. The summed E-state index contributed by atoms with van der Waals surface area (Å²) in [4.78, 5) is 2.39. The van der Waals surface area contributed by atoms with E-state index in [1.165, 1.54) is 24.9 Å². The molecule has 4 heteroatoms. The zero-order chi connectivity index (χ0) is 16.1. The molecule has 0 bridgehead atoms. The molecule has 3 rings (SSSR count). The SMILES string of the molecule is Cc1cc(F)ccc1N1CCC(NCC[C@H]2CCCOC2)CC1. The molecule has 0 saturated carbocycles. The van der Waals surface area contributed by atoms with Gasteiger partial charge in [0.2, 0.25) is 0 Å². The summed E-state index contributed by atoms with van der Waals surface area (Å²) < 4.78 is 18.8. The average molecular weight is 320 g/mol. The predicted molar refractivity (Wildman–Crippen MR) is 92.5 cm³/mol. The molecule has 1 atom stereocenters. The van der Waals surface area contributed by atoms with Crippen LogP contribution in [-0.2, 0) is 4.74 Å². The van der Waals surface area contributed by atoms with Crippen molar-refractivity contribution in [2.75, 3.05) is 37.7 Å². The van der Waals surface area contributed by atoms with Gasteiger partial charge in [-0.05, 0) is 75.3 Å². The molecule has 0 spiro atoms. The Morgan fingerprint density at radius 2 is 2.09 bits per heavy atom. The van der Waals surface area contributed by atoms with Crippen LogP contribution in [0, 0.1) is 18.7 Å². The number of aryl methyl sites for hydroxylation is 1. The zero-order valence-corrected chi connectivity index (χ0v) is 14.2. The third kappa shape index (κ3) is 4.67. The summed E-state index contributed by atoms with van der Waals surface area (Å²) in [7, 11) is 0. The summed E-state index contributed by atoms with van der Waals surface area (Å²) >= 11 is 0. The number of hydrogen-bond donors (Lipinski definition) is 1. The number of nitrogens with zero attached hydrogens (tertiary/aromatic N) is 1. The Bertz CT molecular complexity index is 494. The fourth-order valence-corrected chi connectivity index (χ4v) is 3.82. The molecular formula is C19H29FN2O. The van der Waals surface area contributed by atoms with Crippen molar-refractivity contribution >= 4 is 5.69 Å². The summed E-state index contributed by atoms with van der Waals surface area (Å²) in [6.45, 7) is 7.10. The second-order valence-electron chi connectivity index (χ2n) is 7.02. The number of rotatable bonds is 5. The van der Waals surface area contributed by atoms with Gasteiger partial charge in [-0.1, -0.05) is 0 Å². The first-order valence-corrected chi connectivity index (χ1v) is 9.04. The van der Waals surface area contributed by atoms with Crippen LogP contribution >= 0.6 is 0 Å². The Hall–Kier alpha value is -1.13. The standard InChI is InChI=1S/C19H29FN2O/c1-15-13-17(20)4-5-19(15)22-10-7-18(8-11-22)21-9-6-16-3-2-12-23-14-16/h4-5,13,16,18,21H,2-3,6-12,14H2,1H3/t16-/m1/s1. The van der Waals surface area contributed by atoms with E-state index < -0.39 is 0 Å². The average Bonchev–Trinajstić information content (AvgIpc) is 2.57. The summed E-state index contributed by atoms with van der Waals surface area (Å²) in [6, 6.07) is 5.74. The van der Waals surface area contributed by atoms with Gasteiger partial charge in [0.25, 0.3) is 0 Å². The predicted octanol–water partition coefficient (Wildman–Crippen LogP) is 3.51. The third-order valence-electron chi connectivity index (χ3n) is 5.23. The molecule has 1 N–H and O–H groups in total. The minimum absolute atomic E-state index is 0.144. The van der Waals surface area contributed by atoms with Crippen molar-refractivity contribution in [1.29, 1.82) is 0 Å². The van der Waals surface area contributed by atoms with Crippen molar-refractivity contribution in [3.8, 4) is 0 Å². The van der Waals surface area contributed by atoms with Crippen LogP contribution in [-0.4, -0.2) is 38.9 Å². The summed E-state index contributed by atoms with van der Waals surface area (Å²) in [5, 5.41) is 3.72. The lowest BCUT2D eigenvalue weighted by Gasteiger charge is -2.35. The van der Waals surface area contributed by atoms with E-state index in [0.717, 1.165) is 57.2 Å². The van der Waals surface area contributed by atoms with E-state index in [-0.39, 0.29) is 5.82 Å². The summed E-state index contributed by atoms with van der Waals surface area (Å²) in [5.41, 5.74) is 2.22. The summed E-state index contributed by atoms with van der Waals surface area (Å²) in [5.74, 6) is 0.604. The number of ether oxygens (including phenoxy) is 1. The first-order valence-electron chi connectivity index (χ1n) is 9.04.